The van der Waals surface area contributed by atoms with Crippen molar-refractivity contribution in [1.29, 1.82) is 0 Å². The van der Waals surface area contributed by atoms with Gasteiger partial charge < -0.3 is 8.60 Å². The number of sulfonamides is 1. The molecule has 9 heteroatoms. The number of aryl methyl sites for hydroxylation is 1. The first kappa shape index (κ1) is 22.1. The normalized spacial score (nSPS) is 12.2. The molecular formula is C21H23NO6S2. The van der Waals surface area contributed by atoms with Crippen LogP contribution in [-0.4, -0.2) is 26.9 Å². The summed E-state index contributed by atoms with van der Waals surface area (Å²) in [4.78, 5) is 0.167. The molecule has 1 aromatic heterocycles. The fraction of sp³-hybridized carbons (Fsp3) is 0.238. The van der Waals surface area contributed by atoms with Crippen molar-refractivity contribution in [2.24, 2.45) is 0 Å². The van der Waals surface area contributed by atoms with E-state index in [0.717, 1.165) is 5.56 Å². The van der Waals surface area contributed by atoms with Crippen LogP contribution in [0.1, 0.15) is 23.8 Å². The Balaban J connectivity index is 1.93. The van der Waals surface area contributed by atoms with Gasteiger partial charge in [-0.1, -0.05) is 29.8 Å². The fourth-order valence-electron chi connectivity index (χ4n) is 2.77. The highest BCUT2D eigenvalue weighted by Gasteiger charge is 2.26. The van der Waals surface area contributed by atoms with Gasteiger partial charge in [0.1, 0.15) is 11.5 Å². The van der Waals surface area contributed by atoms with Crippen LogP contribution in [-0.2, 0) is 33.2 Å². The highest BCUT2D eigenvalue weighted by molar-refractivity contribution is 7.89. The second kappa shape index (κ2) is 9.03. The van der Waals surface area contributed by atoms with Crippen LogP contribution in [0.2, 0.25) is 0 Å². The summed E-state index contributed by atoms with van der Waals surface area (Å²) in [6.45, 7) is 3.41. The van der Waals surface area contributed by atoms with Crippen molar-refractivity contribution < 1.29 is 25.4 Å². The second-order valence-corrected chi connectivity index (χ2v) is 10.5. The van der Waals surface area contributed by atoms with E-state index in [1.165, 1.54) is 29.6 Å². The van der Waals surface area contributed by atoms with Crippen molar-refractivity contribution in [3.05, 3.63) is 83.8 Å². The lowest BCUT2D eigenvalue weighted by atomic mass is 10.2. The summed E-state index contributed by atoms with van der Waals surface area (Å²) in [5, 5.41) is 0. The van der Waals surface area contributed by atoms with E-state index >= 15 is 0 Å². The third-order valence-electron chi connectivity index (χ3n) is 4.41. The van der Waals surface area contributed by atoms with E-state index in [2.05, 4.69) is 0 Å². The molecule has 7 nitrogen and oxygen atoms in total. The summed E-state index contributed by atoms with van der Waals surface area (Å²) in [6.07, 6.45) is 1.48. The Labute approximate surface area is 177 Å². The van der Waals surface area contributed by atoms with E-state index in [4.69, 9.17) is 8.60 Å². The lowest BCUT2D eigenvalue weighted by molar-refractivity contribution is 0.358. The molecule has 160 valence electrons. The van der Waals surface area contributed by atoms with Crippen LogP contribution in [0.3, 0.4) is 0 Å². The standard InChI is InChI=1S/C21H23NO6S2/c1-3-29(23,24)28-19-7-4-6-18(14-19)15-22(16-20-8-5-13-27-20)30(25,26)21-11-9-17(2)10-12-21/h4-14H,3,15-16H2,1-2H3. The van der Waals surface area contributed by atoms with Gasteiger partial charge in [0.25, 0.3) is 0 Å². The van der Waals surface area contributed by atoms with Crippen LogP contribution in [0.5, 0.6) is 5.75 Å². The molecule has 1 heterocycles. The van der Waals surface area contributed by atoms with Gasteiger partial charge in [0.2, 0.25) is 10.0 Å². The quantitative estimate of drug-likeness (QED) is 0.462. The first-order chi connectivity index (χ1) is 14.2. The number of nitrogens with zero attached hydrogens (tertiary/aromatic N) is 1. The molecule has 3 aromatic rings. The fourth-order valence-corrected chi connectivity index (χ4v) is 4.68. The zero-order valence-corrected chi connectivity index (χ0v) is 18.3. The lowest BCUT2D eigenvalue weighted by Crippen LogP contribution is -2.30. The highest BCUT2D eigenvalue weighted by Crippen LogP contribution is 2.24. The van der Waals surface area contributed by atoms with Crippen LogP contribution in [0.4, 0.5) is 0 Å². The largest absolute Gasteiger partial charge is 0.468 e. The summed E-state index contributed by atoms with van der Waals surface area (Å²) in [7, 11) is -7.51. The van der Waals surface area contributed by atoms with Crippen LogP contribution in [0.15, 0.2) is 76.2 Å². The molecular weight excluding hydrogens is 426 g/mol. The van der Waals surface area contributed by atoms with E-state index in [1.54, 1.807) is 48.5 Å². The molecule has 0 saturated carbocycles. The van der Waals surface area contributed by atoms with Gasteiger partial charge in [-0.15, -0.1) is 0 Å². The van der Waals surface area contributed by atoms with Gasteiger partial charge in [0.15, 0.2) is 0 Å². The van der Waals surface area contributed by atoms with Gasteiger partial charge in [-0.05, 0) is 55.8 Å². The van der Waals surface area contributed by atoms with Gasteiger partial charge in [-0.3, -0.25) is 0 Å². The third-order valence-corrected chi connectivity index (χ3v) is 7.36. The predicted octanol–water partition coefficient (Wildman–Crippen LogP) is 3.71. The van der Waals surface area contributed by atoms with Gasteiger partial charge in [0, 0.05) is 6.54 Å². The first-order valence-electron chi connectivity index (χ1n) is 9.30. The lowest BCUT2D eigenvalue weighted by Gasteiger charge is -2.22. The molecule has 0 spiro atoms. The maximum absolute atomic E-state index is 13.3. The smallest absolute Gasteiger partial charge is 0.308 e. The second-order valence-electron chi connectivity index (χ2n) is 6.74. The molecule has 0 unspecified atom stereocenters. The average molecular weight is 450 g/mol. The molecule has 3 rings (SSSR count). The predicted molar refractivity (Wildman–Crippen MR) is 113 cm³/mol. The zero-order chi connectivity index (χ0) is 21.8. The Morgan fingerprint density at radius 2 is 1.67 bits per heavy atom. The molecule has 2 aromatic carbocycles. The summed E-state index contributed by atoms with van der Waals surface area (Å²) in [6, 6.07) is 16.4. The van der Waals surface area contributed by atoms with Crippen molar-refractivity contribution in [2.75, 3.05) is 5.75 Å². The van der Waals surface area contributed by atoms with Gasteiger partial charge >= 0.3 is 10.1 Å². The van der Waals surface area contributed by atoms with Crippen molar-refractivity contribution in [2.45, 2.75) is 31.8 Å². The molecule has 0 aliphatic heterocycles. The van der Waals surface area contributed by atoms with E-state index in [1.807, 2.05) is 6.92 Å². The maximum atomic E-state index is 13.3. The van der Waals surface area contributed by atoms with Gasteiger partial charge in [-0.2, -0.15) is 12.7 Å². The number of furan rings is 1. The van der Waals surface area contributed by atoms with Crippen LogP contribution in [0, 0.1) is 6.92 Å². The van der Waals surface area contributed by atoms with E-state index < -0.39 is 20.1 Å². The number of hydrogen-bond acceptors (Lipinski definition) is 6. The molecule has 0 aliphatic carbocycles. The molecule has 30 heavy (non-hydrogen) atoms. The van der Waals surface area contributed by atoms with Gasteiger partial charge in [-0.25, -0.2) is 8.42 Å². The molecule has 0 saturated heterocycles. The summed E-state index contributed by atoms with van der Waals surface area (Å²) >= 11 is 0. The Hall–Kier alpha value is -2.62. The summed E-state index contributed by atoms with van der Waals surface area (Å²) < 4.78 is 61.7. The van der Waals surface area contributed by atoms with Gasteiger partial charge in [0.05, 0.1) is 23.5 Å². The van der Waals surface area contributed by atoms with Crippen LogP contribution in [0.25, 0.3) is 0 Å². The van der Waals surface area contributed by atoms with E-state index in [-0.39, 0.29) is 29.5 Å². The Morgan fingerprint density at radius 3 is 2.30 bits per heavy atom. The van der Waals surface area contributed by atoms with Crippen molar-refractivity contribution in [3.8, 4) is 5.75 Å². The first-order valence-corrected chi connectivity index (χ1v) is 12.3. The number of hydrogen-bond donors (Lipinski definition) is 0. The molecule has 0 aliphatic rings. The number of benzene rings is 2. The van der Waals surface area contributed by atoms with Crippen molar-refractivity contribution in [3.63, 3.8) is 0 Å². The molecule has 0 N–H and O–H groups in total. The SMILES string of the molecule is CCS(=O)(=O)Oc1cccc(CN(Cc2ccco2)S(=O)(=O)c2ccc(C)cc2)c1. The summed E-state index contributed by atoms with van der Waals surface area (Å²) in [5.74, 6) is 0.468. The van der Waals surface area contributed by atoms with Crippen LogP contribution >= 0.6 is 0 Å². The van der Waals surface area contributed by atoms with Crippen molar-refractivity contribution in [1.82, 2.24) is 4.31 Å². The Morgan fingerprint density at radius 1 is 0.933 bits per heavy atom. The Kier molecular flexibility index (Phi) is 6.64. The van der Waals surface area contributed by atoms with E-state index in [9.17, 15) is 16.8 Å². The minimum absolute atomic E-state index is 0.0142. The molecule has 0 fully saturated rings. The third kappa shape index (κ3) is 5.50. The average Bonchev–Trinajstić information content (AvgIpc) is 3.21. The Bertz CT molecular complexity index is 1180. The van der Waals surface area contributed by atoms with Crippen LogP contribution < -0.4 is 4.18 Å². The molecule has 0 bridgehead atoms. The van der Waals surface area contributed by atoms with E-state index in [0.29, 0.717) is 11.3 Å². The summed E-state index contributed by atoms with van der Waals surface area (Å²) in [5.41, 5.74) is 1.54. The topological polar surface area (TPSA) is 93.9 Å². The zero-order valence-electron chi connectivity index (χ0n) is 16.7. The van der Waals surface area contributed by atoms with Crippen molar-refractivity contribution >= 4 is 20.1 Å². The molecule has 0 atom stereocenters. The maximum Gasteiger partial charge on any atom is 0.308 e. The highest BCUT2D eigenvalue weighted by atomic mass is 32.2. The minimum Gasteiger partial charge on any atom is -0.468 e. The monoisotopic (exact) mass is 449 g/mol. The molecule has 0 amide bonds. The minimum atomic E-state index is -3.83. The molecule has 0 radical (unpaired) electrons. The number of rotatable bonds is 9.